The maximum Gasteiger partial charge on any atom is 0.409 e. The molecule has 0 unspecified atom stereocenters. The van der Waals surface area contributed by atoms with Gasteiger partial charge in [0.2, 0.25) is 0 Å². The van der Waals surface area contributed by atoms with E-state index in [2.05, 4.69) is 10.3 Å². The Morgan fingerprint density at radius 3 is 2.95 bits per heavy atom. The van der Waals surface area contributed by atoms with E-state index < -0.39 is 0 Å². The third-order valence-corrected chi connectivity index (χ3v) is 3.16. The summed E-state index contributed by atoms with van der Waals surface area (Å²) in [6, 6.07) is 3.90. The van der Waals surface area contributed by atoms with E-state index in [1.807, 2.05) is 13.0 Å². The largest absolute Gasteiger partial charge is 0.450 e. The number of hydrogen-bond donors (Lipinski definition) is 2. The van der Waals surface area contributed by atoms with Crippen LogP contribution < -0.4 is 11.1 Å². The fourth-order valence-electron chi connectivity index (χ4n) is 2.16. The van der Waals surface area contributed by atoms with Crippen molar-refractivity contribution in [3.63, 3.8) is 0 Å². The number of nitrogens with two attached hydrogens (primary N) is 1. The van der Waals surface area contributed by atoms with Gasteiger partial charge in [0, 0.05) is 37.1 Å². The molecular formula is C13H20N4O2. The van der Waals surface area contributed by atoms with E-state index in [1.54, 1.807) is 17.2 Å². The second-order valence-electron chi connectivity index (χ2n) is 4.58. The van der Waals surface area contributed by atoms with E-state index in [9.17, 15) is 4.79 Å². The minimum Gasteiger partial charge on any atom is -0.450 e. The first-order chi connectivity index (χ1) is 9.19. The van der Waals surface area contributed by atoms with Crippen LogP contribution in [0.5, 0.6) is 0 Å². The Hall–Kier alpha value is -1.98. The molecule has 1 aromatic rings. The number of likely N-dealkylation sites (tertiary alicyclic amines) is 1. The lowest BCUT2D eigenvalue weighted by atomic mass is 10.1. The second kappa shape index (κ2) is 6.26. The molecular weight excluding hydrogens is 244 g/mol. The number of amides is 1. The van der Waals surface area contributed by atoms with Gasteiger partial charge >= 0.3 is 6.09 Å². The van der Waals surface area contributed by atoms with Gasteiger partial charge in [-0.3, -0.25) is 0 Å². The highest BCUT2D eigenvalue weighted by atomic mass is 16.6. The SMILES string of the molecule is CCOC(=O)N1CCC(Nc2cc(N)ccn2)CC1. The number of ether oxygens (including phenoxy) is 1. The molecule has 1 aliphatic rings. The fraction of sp³-hybridized carbons (Fsp3) is 0.538. The first kappa shape index (κ1) is 13.5. The van der Waals surface area contributed by atoms with Crippen molar-refractivity contribution >= 4 is 17.6 Å². The maximum absolute atomic E-state index is 11.6. The molecule has 0 radical (unpaired) electrons. The van der Waals surface area contributed by atoms with Gasteiger partial charge in [-0.15, -0.1) is 0 Å². The first-order valence-electron chi connectivity index (χ1n) is 6.59. The number of hydrogen-bond acceptors (Lipinski definition) is 5. The summed E-state index contributed by atoms with van der Waals surface area (Å²) in [6.07, 6.45) is 3.23. The molecule has 2 rings (SSSR count). The van der Waals surface area contributed by atoms with Crippen LogP contribution in [0.3, 0.4) is 0 Å². The van der Waals surface area contributed by atoms with Gasteiger partial charge in [0.25, 0.3) is 0 Å². The normalized spacial score (nSPS) is 16.2. The summed E-state index contributed by atoms with van der Waals surface area (Å²) >= 11 is 0. The zero-order chi connectivity index (χ0) is 13.7. The quantitative estimate of drug-likeness (QED) is 0.868. The number of carbonyl (C=O) groups is 1. The number of anilines is 2. The molecule has 1 aromatic heterocycles. The molecule has 19 heavy (non-hydrogen) atoms. The standard InChI is InChI=1S/C13H20N4O2/c1-2-19-13(18)17-7-4-11(5-8-17)16-12-9-10(14)3-6-15-12/h3,6,9,11H,2,4-5,7-8H2,1H3,(H3,14,15,16). The molecule has 0 aliphatic carbocycles. The lowest BCUT2D eigenvalue weighted by molar-refractivity contribution is 0.0983. The Morgan fingerprint density at radius 1 is 1.58 bits per heavy atom. The van der Waals surface area contributed by atoms with Gasteiger partial charge in [-0.25, -0.2) is 9.78 Å². The zero-order valence-corrected chi connectivity index (χ0v) is 11.1. The second-order valence-corrected chi connectivity index (χ2v) is 4.58. The third-order valence-electron chi connectivity index (χ3n) is 3.16. The molecule has 6 nitrogen and oxygen atoms in total. The summed E-state index contributed by atoms with van der Waals surface area (Å²) in [7, 11) is 0. The number of rotatable bonds is 3. The molecule has 3 N–H and O–H groups in total. The monoisotopic (exact) mass is 264 g/mol. The van der Waals surface area contributed by atoms with E-state index in [1.165, 1.54) is 0 Å². The molecule has 1 aliphatic heterocycles. The number of pyridine rings is 1. The number of piperidine rings is 1. The van der Waals surface area contributed by atoms with Crippen LogP contribution in [0.4, 0.5) is 16.3 Å². The van der Waals surface area contributed by atoms with E-state index in [0.717, 1.165) is 18.7 Å². The van der Waals surface area contributed by atoms with E-state index >= 15 is 0 Å². The van der Waals surface area contributed by atoms with Gasteiger partial charge in [-0.2, -0.15) is 0 Å². The lowest BCUT2D eigenvalue weighted by Gasteiger charge is -2.31. The number of nitrogen functional groups attached to an aromatic ring is 1. The molecule has 0 spiro atoms. The predicted molar refractivity (Wildman–Crippen MR) is 73.9 cm³/mol. The van der Waals surface area contributed by atoms with Crippen LogP contribution in [0, 0.1) is 0 Å². The van der Waals surface area contributed by atoms with Crippen LogP contribution in [-0.2, 0) is 4.74 Å². The Morgan fingerprint density at radius 2 is 2.32 bits per heavy atom. The summed E-state index contributed by atoms with van der Waals surface area (Å²) in [4.78, 5) is 17.5. The highest BCUT2D eigenvalue weighted by molar-refractivity contribution is 5.67. The average molecular weight is 264 g/mol. The van der Waals surface area contributed by atoms with Crippen molar-refractivity contribution in [2.45, 2.75) is 25.8 Å². The first-order valence-corrected chi connectivity index (χ1v) is 6.59. The van der Waals surface area contributed by atoms with Crippen LogP contribution in [0.1, 0.15) is 19.8 Å². The van der Waals surface area contributed by atoms with Gasteiger partial charge in [0.1, 0.15) is 5.82 Å². The van der Waals surface area contributed by atoms with Crippen LogP contribution in [-0.4, -0.2) is 41.7 Å². The number of carbonyl (C=O) groups excluding carboxylic acids is 1. The van der Waals surface area contributed by atoms with Crippen molar-refractivity contribution in [3.8, 4) is 0 Å². The van der Waals surface area contributed by atoms with Crippen molar-refractivity contribution < 1.29 is 9.53 Å². The van der Waals surface area contributed by atoms with Gasteiger partial charge in [-0.1, -0.05) is 0 Å². The average Bonchev–Trinajstić information content (AvgIpc) is 2.40. The number of aromatic nitrogens is 1. The van der Waals surface area contributed by atoms with Gasteiger partial charge in [0.15, 0.2) is 0 Å². The topological polar surface area (TPSA) is 80.5 Å². The van der Waals surface area contributed by atoms with Crippen LogP contribution in [0.2, 0.25) is 0 Å². The predicted octanol–water partition coefficient (Wildman–Crippen LogP) is 1.70. The molecule has 0 atom stereocenters. The van der Waals surface area contributed by atoms with Gasteiger partial charge in [0.05, 0.1) is 6.61 Å². The summed E-state index contributed by atoms with van der Waals surface area (Å²) in [5, 5.41) is 3.34. The Balaban J connectivity index is 1.82. The molecule has 1 fully saturated rings. The minimum atomic E-state index is -0.219. The number of nitrogens with zero attached hydrogens (tertiary/aromatic N) is 2. The van der Waals surface area contributed by atoms with Gasteiger partial charge < -0.3 is 20.7 Å². The molecule has 104 valence electrons. The fourth-order valence-corrected chi connectivity index (χ4v) is 2.16. The van der Waals surface area contributed by atoms with E-state index in [0.29, 0.717) is 31.4 Å². The summed E-state index contributed by atoms with van der Waals surface area (Å²) in [5.41, 5.74) is 6.41. The van der Waals surface area contributed by atoms with Crippen molar-refractivity contribution in [1.82, 2.24) is 9.88 Å². The lowest BCUT2D eigenvalue weighted by Crippen LogP contribution is -2.42. The highest BCUT2D eigenvalue weighted by Gasteiger charge is 2.23. The molecule has 1 saturated heterocycles. The molecule has 2 heterocycles. The summed E-state index contributed by atoms with van der Waals surface area (Å²) in [6.45, 7) is 3.65. The molecule has 0 saturated carbocycles. The van der Waals surface area contributed by atoms with Crippen LogP contribution >= 0.6 is 0 Å². The van der Waals surface area contributed by atoms with E-state index in [4.69, 9.17) is 10.5 Å². The molecule has 6 heteroatoms. The Kier molecular flexibility index (Phi) is 4.43. The number of nitrogens with one attached hydrogen (secondary N) is 1. The van der Waals surface area contributed by atoms with Crippen molar-refractivity contribution in [2.24, 2.45) is 0 Å². The summed E-state index contributed by atoms with van der Waals surface area (Å²) in [5.74, 6) is 0.787. The smallest absolute Gasteiger partial charge is 0.409 e. The van der Waals surface area contributed by atoms with Gasteiger partial charge in [-0.05, 0) is 25.8 Å². The Bertz CT molecular complexity index is 430. The Labute approximate surface area is 112 Å². The molecule has 1 amide bonds. The molecule has 0 aromatic carbocycles. The van der Waals surface area contributed by atoms with Crippen LogP contribution in [0.15, 0.2) is 18.3 Å². The zero-order valence-electron chi connectivity index (χ0n) is 11.1. The minimum absolute atomic E-state index is 0.219. The highest BCUT2D eigenvalue weighted by Crippen LogP contribution is 2.17. The van der Waals surface area contributed by atoms with Crippen molar-refractivity contribution in [2.75, 3.05) is 30.7 Å². The summed E-state index contributed by atoms with van der Waals surface area (Å²) < 4.78 is 4.99. The molecule has 0 bridgehead atoms. The maximum atomic E-state index is 11.6. The third kappa shape index (κ3) is 3.74. The van der Waals surface area contributed by atoms with Crippen molar-refractivity contribution in [3.05, 3.63) is 18.3 Å². The van der Waals surface area contributed by atoms with E-state index in [-0.39, 0.29) is 6.09 Å². The van der Waals surface area contributed by atoms with Crippen molar-refractivity contribution in [1.29, 1.82) is 0 Å². The van der Waals surface area contributed by atoms with Crippen LogP contribution in [0.25, 0.3) is 0 Å².